The molecule has 6 nitrogen and oxygen atoms in total. The van der Waals surface area contributed by atoms with Gasteiger partial charge in [-0.25, -0.2) is 0 Å². The standard InChI is InChI=1S/C25H23Cl2N5OS/c1-17-7-8-19(27)15-22(17)29-24(33)13-14-34-25-31-30-23(32(25)21-5-3-2-4-6-21)16-28-20-11-9-18(26)10-12-20/h2-12,15,28H,13-14,16H2,1H3,(H,29,33). The van der Waals surface area contributed by atoms with E-state index in [0.717, 1.165) is 33.6 Å². The summed E-state index contributed by atoms with van der Waals surface area (Å²) < 4.78 is 2.01. The van der Waals surface area contributed by atoms with Crippen molar-refractivity contribution in [3.63, 3.8) is 0 Å². The lowest BCUT2D eigenvalue weighted by Gasteiger charge is -2.12. The summed E-state index contributed by atoms with van der Waals surface area (Å²) >= 11 is 13.5. The molecular formula is C25H23Cl2N5OS. The van der Waals surface area contributed by atoms with E-state index in [9.17, 15) is 4.79 Å². The number of carbonyl (C=O) groups is 1. The van der Waals surface area contributed by atoms with Crippen LogP contribution in [0.25, 0.3) is 5.69 Å². The third-order valence-electron chi connectivity index (χ3n) is 5.04. The number of thioether (sulfide) groups is 1. The Bertz CT molecular complexity index is 1260. The van der Waals surface area contributed by atoms with Crippen LogP contribution in [-0.2, 0) is 11.3 Å². The summed E-state index contributed by atoms with van der Waals surface area (Å²) in [5.74, 6) is 1.25. The molecule has 1 aromatic heterocycles. The van der Waals surface area contributed by atoms with Crippen molar-refractivity contribution in [3.05, 3.63) is 94.2 Å². The fourth-order valence-electron chi connectivity index (χ4n) is 3.27. The largest absolute Gasteiger partial charge is 0.378 e. The van der Waals surface area contributed by atoms with E-state index in [2.05, 4.69) is 20.8 Å². The van der Waals surface area contributed by atoms with Gasteiger partial charge >= 0.3 is 0 Å². The molecule has 0 fully saturated rings. The van der Waals surface area contributed by atoms with Gasteiger partial charge in [-0.05, 0) is 61.0 Å². The molecule has 174 valence electrons. The van der Waals surface area contributed by atoms with Crippen molar-refractivity contribution in [3.8, 4) is 5.69 Å². The van der Waals surface area contributed by atoms with Crippen molar-refractivity contribution >= 4 is 52.2 Å². The van der Waals surface area contributed by atoms with E-state index in [1.54, 1.807) is 12.1 Å². The second kappa shape index (κ2) is 11.4. The summed E-state index contributed by atoms with van der Waals surface area (Å²) in [7, 11) is 0. The van der Waals surface area contributed by atoms with Gasteiger partial charge in [0.15, 0.2) is 11.0 Å². The normalized spacial score (nSPS) is 10.8. The van der Waals surface area contributed by atoms with Gasteiger partial charge in [0.2, 0.25) is 5.91 Å². The quantitative estimate of drug-likeness (QED) is 0.247. The summed E-state index contributed by atoms with van der Waals surface area (Å²) in [4.78, 5) is 12.5. The molecule has 0 radical (unpaired) electrons. The zero-order valence-corrected chi connectivity index (χ0v) is 20.8. The van der Waals surface area contributed by atoms with E-state index in [1.165, 1.54) is 11.8 Å². The number of rotatable bonds is 9. The SMILES string of the molecule is Cc1ccc(Cl)cc1NC(=O)CCSc1nnc(CNc2ccc(Cl)cc2)n1-c1ccccc1. The number of benzene rings is 3. The first-order valence-corrected chi connectivity index (χ1v) is 12.4. The maximum absolute atomic E-state index is 12.5. The molecule has 4 rings (SSSR count). The molecule has 0 aliphatic rings. The lowest BCUT2D eigenvalue weighted by Crippen LogP contribution is -2.13. The van der Waals surface area contributed by atoms with Crippen LogP contribution in [0, 0.1) is 6.92 Å². The topological polar surface area (TPSA) is 71.8 Å². The van der Waals surface area contributed by atoms with E-state index in [1.807, 2.05) is 72.2 Å². The van der Waals surface area contributed by atoms with Crippen molar-refractivity contribution in [2.24, 2.45) is 0 Å². The maximum atomic E-state index is 12.5. The molecule has 4 aromatic rings. The first-order valence-electron chi connectivity index (χ1n) is 10.7. The van der Waals surface area contributed by atoms with Gasteiger partial charge in [0, 0.05) is 39.3 Å². The van der Waals surface area contributed by atoms with Crippen molar-refractivity contribution in [1.82, 2.24) is 14.8 Å². The highest BCUT2D eigenvalue weighted by molar-refractivity contribution is 7.99. The Kier molecular flexibility index (Phi) is 8.11. The summed E-state index contributed by atoms with van der Waals surface area (Å²) in [6.45, 7) is 2.42. The molecule has 34 heavy (non-hydrogen) atoms. The Morgan fingerprint density at radius 1 is 0.971 bits per heavy atom. The average Bonchev–Trinajstić information content (AvgIpc) is 3.24. The molecule has 9 heteroatoms. The van der Waals surface area contributed by atoms with E-state index in [4.69, 9.17) is 23.2 Å². The van der Waals surface area contributed by atoms with Gasteiger partial charge in [0.1, 0.15) is 0 Å². The molecule has 3 aromatic carbocycles. The van der Waals surface area contributed by atoms with Crippen LogP contribution in [0.5, 0.6) is 0 Å². The van der Waals surface area contributed by atoms with E-state index >= 15 is 0 Å². The third kappa shape index (κ3) is 6.32. The van der Waals surface area contributed by atoms with Gasteiger partial charge in [-0.2, -0.15) is 0 Å². The lowest BCUT2D eigenvalue weighted by molar-refractivity contribution is -0.115. The Morgan fingerprint density at radius 3 is 2.47 bits per heavy atom. The molecule has 2 N–H and O–H groups in total. The molecular weight excluding hydrogens is 489 g/mol. The third-order valence-corrected chi connectivity index (χ3v) is 6.46. The number of anilines is 2. The molecule has 1 heterocycles. The summed E-state index contributed by atoms with van der Waals surface area (Å²) in [6, 6.07) is 22.9. The van der Waals surface area contributed by atoms with Crippen LogP contribution in [0.1, 0.15) is 17.8 Å². The minimum absolute atomic E-state index is 0.0757. The Labute approximate surface area is 212 Å². The monoisotopic (exact) mass is 511 g/mol. The molecule has 1 amide bonds. The first kappa shape index (κ1) is 24.1. The fourth-order valence-corrected chi connectivity index (χ4v) is 4.48. The number of nitrogens with one attached hydrogen (secondary N) is 2. The van der Waals surface area contributed by atoms with E-state index in [-0.39, 0.29) is 5.91 Å². The molecule has 0 bridgehead atoms. The molecule has 0 unspecified atom stereocenters. The van der Waals surface area contributed by atoms with Crippen LogP contribution in [-0.4, -0.2) is 26.4 Å². The van der Waals surface area contributed by atoms with Crippen LogP contribution in [0.2, 0.25) is 10.0 Å². The van der Waals surface area contributed by atoms with Crippen molar-refractivity contribution in [1.29, 1.82) is 0 Å². The van der Waals surface area contributed by atoms with Gasteiger partial charge in [-0.1, -0.05) is 59.2 Å². The number of carbonyl (C=O) groups excluding carboxylic acids is 1. The van der Waals surface area contributed by atoms with Crippen LogP contribution < -0.4 is 10.6 Å². The van der Waals surface area contributed by atoms with Crippen molar-refractivity contribution < 1.29 is 4.79 Å². The summed E-state index contributed by atoms with van der Waals surface area (Å²) in [6.07, 6.45) is 0.330. The van der Waals surface area contributed by atoms with Crippen LogP contribution in [0.4, 0.5) is 11.4 Å². The molecule has 0 aliphatic heterocycles. The van der Waals surface area contributed by atoms with Crippen molar-refractivity contribution in [2.45, 2.75) is 25.0 Å². The van der Waals surface area contributed by atoms with Gasteiger partial charge in [-0.3, -0.25) is 9.36 Å². The summed E-state index contributed by atoms with van der Waals surface area (Å²) in [5.41, 5.74) is 3.59. The van der Waals surface area contributed by atoms with E-state index in [0.29, 0.717) is 28.8 Å². The Hall–Kier alpha value is -3.00. The molecule has 0 atom stereocenters. The highest BCUT2D eigenvalue weighted by Gasteiger charge is 2.15. The number of aromatic nitrogens is 3. The second-order valence-electron chi connectivity index (χ2n) is 7.54. The zero-order chi connectivity index (χ0) is 23.9. The number of hydrogen-bond donors (Lipinski definition) is 2. The number of aryl methyl sites for hydroxylation is 1. The Balaban J connectivity index is 1.43. The van der Waals surface area contributed by atoms with Crippen molar-refractivity contribution in [2.75, 3.05) is 16.4 Å². The summed E-state index contributed by atoms with van der Waals surface area (Å²) in [5, 5.41) is 17.1. The van der Waals surface area contributed by atoms with Crippen LogP contribution in [0.3, 0.4) is 0 Å². The second-order valence-corrected chi connectivity index (χ2v) is 9.47. The maximum Gasteiger partial charge on any atom is 0.225 e. The van der Waals surface area contributed by atoms with Gasteiger partial charge < -0.3 is 10.6 Å². The fraction of sp³-hybridized carbons (Fsp3) is 0.160. The number of hydrogen-bond acceptors (Lipinski definition) is 5. The average molecular weight is 512 g/mol. The number of halogens is 2. The predicted octanol–water partition coefficient (Wildman–Crippen LogP) is 6.62. The Morgan fingerprint density at radius 2 is 1.71 bits per heavy atom. The van der Waals surface area contributed by atoms with Gasteiger partial charge in [0.25, 0.3) is 0 Å². The number of para-hydroxylation sites is 1. The lowest BCUT2D eigenvalue weighted by atomic mass is 10.2. The molecule has 0 saturated carbocycles. The smallest absolute Gasteiger partial charge is 0.225 e. The minimum Gasteiger partial charge on any atom is -0.378 e. The number of nitrogens with zero attached hydrogens (tertiary/aromatic N) is 3. The van der Waals surface area contributed by atoms with Crippen LogP contribution >= 0.6 is 35.0 Å². The highest BCUT2D eigenvalue weighted by Crippen LogP contribution is 2.25. The molecule has 0 saturated heterocycles. The molecule has 0 aliphatic carbocycles. The van der Waals surface area contributed by atoms with E-state index < -0.39 is 0 Å². The van der Waals surface area contributed by atoms with Gasteiger partial charge in [0.05, 0.1) is 6.54 Å². The highest BCUT2D eigenvalue weighted by atomic mass is 35.5. The predicted molar refractivity (Wildman–Crippen MR) is 140 cm³/mol. The zero-order valence-electron chi connectivity index (χ0n) is 18.5. The minimum atomic E-state index is -0.0757. The van der Waals surface area contributed by atoms with Crippen LogP contribution in [0.15, 0.2) is 78.0 Å². The number of amides is 1. The molecule has 0 spiro atoms. The first-order chi connectivity index (χ1) is 16.5. The van der Waals surface area contributed by atoms with Gasteiger partial charge in [-0.15, -0.1) is 10.2 Å².